The van der Waals surface area contributed by atoms with Gasteiger partial charge in [-0.15, -0.1) is 0 Å². The third kappa shape index (κ3) is 6.66. The minimum atomic E-state index is 0.268. The molecule has 1 aliphatic carbocycles. The van der Waals surface area contributed by atoms with Crippen LogP contribution in [0.15, 0.2) is 145 Å². The molecular formula is C42H38N2O4. The number of hydrogen-bond donors (Lipinski definition) is 0. The van der Waals surface area contributed by atoms with Crippen molar-refractivity contribution in [3.8, 4) is 28.7 Å². The molecule has 5 aromatic rings. The van der Waals surface area contributed by atoms with E-state index in [-0.39, 0.29) is 6.04 Å². The Bertz CT molecular complexity index is 1930. The molecule has 0 radical (unpaired) electrons. The maximum Gasteiger partial charge on any atom is 0.161 e. The van der Waals surface area contributed by atoms with Crippen molar-refractivity contribution in [2.24, 2.45) is 5.92 Å². The zero-order valence-electron chi connectivity index (χ0n) is 27.0. The van der Waals surface area contributed by atoms with Gasteiger partial charge in [-0.05, 0) is 96.3 Å². The molecule has 3 aliphatic rings. The second-order valence-corrected chi connectivity index (χ2v) is 12.6. The van der Waals surface area contributed by atoms with E-state index in [1.54, 1.807) is 0 Å². The molecule has 2 atom stereocenters. The van der Waals surface area contributed by atoms with Crippen LogP contribution in [0, 0.1) is 5.92 Å². The van der Waals surface area contributed by atoms with Gasteiger partial charge in [0, 0.05) is 35.9 Å². The van der Waals surface area contributed by atoms with Gasteiger partial charge in [0.05, 0.1) is 0 Å². The Morgan fingerprint density at radius 1 is 0.625 bits per heavy atom. The Balaban J connectivity index is 0.823. The molecule has 0 N–H and O–H groups in total. The molecule has 0 bridgehead atoms. The standard InChI is InChI=1S/C42H38N2O4/c1-30-24-39(22-23-40(30)44-27-34-7-3-5-9-42(34)46-29-44)48-37-18-12-32(13-19-37)25-31-10-16-36(17-11-31)47-38-20-14-35(15-21-38)43-26-33-6-2-4-8-41(33)45-28-43/h2-24,30,40H,25-29H2,1H3. The highest BCUT2D eigenvalue weighted by atomic mass is 16.5. The zero-order chi connectivity index (χ0) is 32.3. The quantitative estimate of drug-likeness (QED) is 0.170. The van der Waals surface area contributed by atoms with Crippen molar-refractivity contribution < 1.29 is 18.9 Å². The van der Waals surface area contributed by atoms with E-state index in [2.05, 4.69) is 95.6 Å². The molecule has 8 rings (SSSR count). The molecule has 0 spiro atoms. The van der Waals surface area contributed by atoms with E-state index in [9.17, 15) is 0 Å². The van der Waals surface area contributed by atoms with Crippen molar-refractivity contribution in [1.29, 1.82) is 0 Å². The first-order valence-electron chi connectivity index (χ1n) is 16.6. The van der Waals surface area contributed by atoms with Crippen LogP contribution in [0.3, 0.4) is 0 Å². The summed E-state index contributed by atoms with van der Waals surface area (Å²) in [6.45, 7) is 5.08. The molecule has 2 unspecified atom stereocenters. The SMILES string of the molecule is CC1C=C(Oc2ccc(Cc3ccc(Oc4ccc(N5COc6ccccc6C5)cc4)cc3)cc2)C=CC1N1COc2ccccc2C1. The summed E-state index contributed by atoms with van der Waals surface area (Å²) < 4.78 is 24.3. The van der Waals surface area contributed by atoms with Crippen LogP contribution in [0.4, 0.5) is 5.69 Å². The number of hydrogen-bond acceptors (Lipinski definition) is 6. The minimum Gasteiger partial charge on any atom is -0.478 e. The molecule has 240 valence electrons. The average Bonchev–Trinajstić information content (AvgIpc) is 3.13. The highest BCUT2D eigenvalue weighted by molar-refractivity contribution is 5.52. The molecule has 6 nitrogen and oxygen atoms in total. The third-order valence-corrected chi connectivity index (χ3v) is 9.22. The fraction of sp³-hybridized carbons (Fsp3) is 0.190. The predicted octanol–water partition coefficient (Wildman–Crippen LogP) is 9.12. The van der Waals surface area contributed by atoms with Gasteiger partial charge in [-0.2, -0.15) is 0 Å². The second kappa shape index (κ2) is 13.3. The Kier molecular flexibility index (Phi) is 8.31. The van der Waals surface area contributed by atoms with Crippen molar-refractivity contribution >= 4 is 5.69 Å². The third-order valence-electron chi connectivity index (χ3n) is 9.22. The molecule has 48 heavy (non-hydrogen) atoms. The zero-order valence-corrected chi connectivity index (χ0v) is 27.0. The monoisotopic (exact) mass is 634 g/mol. The van der Waals surface area contributed by atoms with Gasteiger partial charge in [0.2, 0.25) is 0 Å². The molecule has 0 saturated carbocycles. The van der Waals surface area contributed by atoms with E-state index in [0.717, 1.165) is 59.7 Å². The van der Waals surface area contributed by atoms with Crippen LogP contribution in [0.2, 0.25) is 0 Å². The summed E-state index contributed by atoms with van der Waals surface area (Å²) >= 11 is 0. The molecule has 0 aromatic heterocycles. The molecule has 0 amide bonds. The molecule has 0 fully saturated rings. The van der Waals surface area contributed by atoms with Gasteiger partial charge in [0.25, 0.3) is 0 Å². The van der Waals surface area contributed by atoms with E-state index in [1.807, 2.05) is 60.7 Å². The van der Waals surface area contributed by atoms with E-state index in [0.29, 0.717) is 19.4 Å². The van der Waals surface area contributed by atoms with Crippen molar-refractivity contribution in [3.05, 3.63) is 168 Å². The summed E-state index contributed by atoms with van der Waals surface area (Å²) in [5.74, 6) is 5.59. The van der Waals surface area contributed by atoms with Gasteiger partial charge in [0.1, 0.15) is 41.2 Å². The van der Waals surface area contributed by atoms with Crippen LogP contribution in [0.1, 0.15) is 29.2 Å². The van der Waals surface area contributed by atoms with E-state index < -0.39 is 0 Å². The molecule has 2 aliphatic heterocycles. The first kappa shape index (κ1) is 29.9. The number of rotatable bonds is 8. The first-order chi connectivity index (χ1) is 23.6. The van der Waals surface area contributed by atoms with E-state index in [1.165, 1.54) is 22.3 Å². The molecule has 6 heteroatoms. The summed E-state index contributed by atoms with van der Waals surface area (Å²) in [5, 5.41) is 0. The van der Waals surface area contributed by atoms with Crippen LogP contribution >= 0.6 is 0 Å². The molecule has 2 heterocycles. The van der Waals surface area contributed by atoms with Gasteiger partial charge in [-0.25, -0.2) is 0 Å². The van der Waals surface area contributed by atoms with E-state index >= 15 is 0 Å². The number of nitrogens with zero attached hydrogens (tertiary/aromatic N) is 2. The van der Waals surface area contributed by atoms with Gasteiger partial charge >= 0.3 is 0 Å². The Morgan fingerprint density at radius 2 is 1.19 bits per heavy atom. The smallest absolute Gasteiger partial charge is 0.161 e. The van der Waals surface area contributed by atoms with Gasteiger partial charge < -0.3 is 23.8 Å². The van der Waals surface area contributed by atoms with Crippen molar-refractivity contribution in [2.45, 2.75) is 32.5 Å². The van der Waals surface area contributed by atoms with Crippen molar-refractivity contribution in [1.82, 2.24) is 4.90 Å². The fourth-order valence-electron chi connectivity index (χ4n) is 6.61. The normalized spacial score (nSPS) is 18.5. The predicted molar refractivity (Wildman–Crippen MR) is 189 cm³/mol. The maximum atomic E-state index is 6.25. The summed E-state index contributed by atoms with van der Waals surface area (Å²) in [7, 11) is 0. The number of allylic oxidation sites excluding steroid dienone is 1. The lowest BCUT2D eigenvalue weighted by Gasteiger charge is -2.37. The van der Waals surface area contributed by atoms with Gasteiger partial charge in [-0.3, -0.25) is 4.90 Å². The summed E-state index contributed by atoms with van der Waals surface area (Å²) in [5.41, 5.74) is 5.98. The largest absolute Gasteiger partial charge is 0.478 e. The van der Waals surface area contributed by atoms with Crippen LogP contribution in [0.5, 0.6) is 28.7 Å². The summed E-state index contributed by atoms with van der Waals surface area (Å²) in [6.07, 6.45) is 7.36. The van der Waals surface area contributed by atoms with Gasteiger partial charge in [-0.1, -0.05) is 73.7 Å². The second-order valence-electron chi connectivity index (χ2n) is 12.6. The van der Waals surface area contributed by atoms with Crippen LogP contribution < -0.4 is 23.8 Å². The van der Waals surface area contributed by atoms with Gasteiger partial charge in [0.15, 0.2) is 6.73 Å². The minimum absolute atomic E-state index is 0.268. The lowest BCUT2D eigenvalue weighted by molar-refractivity contribution is 0.0589. The topological polar surface area (TPSA) is 43.4 Å². The highest BCUT2D eigenvalue weighted by Gasteiger charge is 2.28. The number of benzene rings is 5. The summed E-state index contributed by atoms with van der Waals surface area (Å²) in [6, 6.07) is 41.6. The molecule has 5 aromatic carbocycles. The summed E-state index contributed by atoms with van der Waals surface area (Å²) in [4.78, 5) is 4.58. The average molecular weight is 635 g/mol. The lowest BCUT2D eigenvalue weighted by atomic mass is 9.94. The van der Waals surface area contributed by atoms with Crippen molar-refractivity contribution in [3.63, 3.8) is 0 Å². The Morgan fingerprint density at radius 3 is 1.83 bits per heavy atom. The Labute approximate surface area is 282 Å². The van der Waals surface area contributed by atoms with Crippen LogP contribution in [0.25, 0.3) is 0 Å². The van der Waals surface area contributed by atoms with E-state index in [4.69, 9.17) is 18.9 Å². The number of para-hydroxylation sites is 2. The first-order valence-corrected chi connectivity index (χ1v) is 16.6. The Hall–Kier alpha value is -5.46. The maximum absolute atomic E-state index is 6.25. The van der Waals surface area contributed by atoms with Crippen molar-refractivity contribution in [2.75, 3.05) is 18.4 Å². The fourth-order valence-corrected chi connectivity index (χ4v) is 6.61. The van der Waals surface area contributed by atoms with Crippen LogP contribution in [-0.2, 0) is 19.5 Å². The highest BCUT2D eigenvalue weighted by Crippen LogP contribution is 2.32. The molecule has 0 saturated heterocycles. The number of anilines is 1. The van der Waals surface area contributed by atoms with Crippen LogP contribution in [-0.4, -0.2) is 24.4 Å². The number of ether oxygens (including phenoxy) is 4. The molecular weight excluding hydrogens is 596 g/mol. The lowest BCUT2D eigenvalue weighted by Crippen LogP contribution is -2.43. The number of fused-ring (bicyclic) bond motifs is 2.